The van der Waals surface area contributed by atoms with Gasteiger partial charge >= 0.3 is 0 Å². The van der Waals surface area contributed by atoms with Crippen molar-refractivity contribution in [1.82, 2.24) is 29.3 Å². The minimum absolute atomic E-state index is 0.127. The number of benzene rings is 1. The van der Waals surface area contributed by atoms with E-state index in [1.165, 1.54) is 16.8 Å². The molecule has 7 heteroatoms. The smallest absolute Gasteiger partial charge is 0.221 e. The first kappa shape index (κ1) is 18.2. The van der Waals surface area contributed by atoms with E-state index in [-0.39, 0.29) is 5.41 Å². The van der Waals surface area contributed by atoms with Crippen LogP contribution in [0.2, 0.25) is 0 Å². The van der Waals surface area contributed by atoms with Crippen LogP contribution in [-0.4, -0.2) is 29.3 Å². The average molecular weight is 375 g/mol. The van der Waals surface area contributed by atoms with E-state index in [2.05, 4.69) is 75.7 Å². The third-order valence-electron chi connectivity index (χ3n) is 4.59. The van der Waals surface area contributed by atoms with Gasteiger partial charge in [0, 0.05) is 30.2 Å². The Bertz CT molecular complexity index is 1070. The van der Waals surface area contributed by atoms with Crippen LogP contribution in [0.1, 0.15) is 37.6 Å². The number of fused-ring (bicyclic) bond motifs is 1. The number of hydrogen-bond acceptors (Lipinski definition) is 5. The second-order valence-corrected chi connectivity index (χ2v) is 8.38. The summed E-state index contributed by atoms with van der Waals surface area (Å²) in [7, 11) is 0. The van der Waals surface area contributed by atoms with E-state index in [4.69, 9.17) is 5.73 Å². The van der Waals surface area contributed by atoms with Gasteiger partial charge in [0.2, 0.25) is 5.95 Å². The van der Waals surface area contributed by atoms with Crippen LogP contribution < -0.4 is 5.73 Å². The summed E-state index contributed by atoms with van der Waals surface area (Å²) in [6, 6.07) is 10.8. The maximum absolute atomic E-state index is 5.84. The molecule has 0 amide bonds. The summed E-state index contributed by atoms with van der Waals surface area (Å²) in [5.74, 6) is 0.310. The minimum Gasteiger partial charge on any atom is -0.368 e. The van der Waals surface area contributed by atoms with Crippen molar-refractivity contribution in [1.29, 1.82) is 0 Å². The summed E-state index contributed by atoms with van der Waals surface area (Å²) in [6.07, 6.45) is 5.92. The Morgan fingerprint density at radius 3 is 2.50 bits per heavy atom. The van der Waals surface area contributed by atoms with Crippen LogP contribution in [0.3, 0.4) is 0 Å². The number of nitrogens with zero attached hydrogens (tertiary/aromatic N) is 6. The first-order valence-corrected chi connectivity index (χ1v) is 9.38. The second-order valence-electron chi connectivity index (χ2n) is 8.38. The van der Waals surface area contributed by atoms with Crippen molar-refractivity contribution in [3.05, 3.63) is 66.0 Å². The molecule has 0 spiro atoms. The molecule has 3 heterocycles. The van der Waals surface area contributed by atoms with Crippen molar-refractivity contribution in [3.63, 3.8) is 0 Å². The van der Waals surface area contributed by atoms with Crippen molar-refractivity contribution in [3.8, 4) is 0 Å². The van der Waals surface area contributed by atoms with Gasteiger partial charge in [0.05, 0.1) is 6.54 Å². The third-order valence-corrected chi connectivity index (χ3v) is 4.59. The average Bonchev–Trinajstić information content (AvgIpc) is 3.25. The molecular weight excluding hydrogens is 350 g/mol. The van der Waals surface area contributed by atoms with Crippen LogP contribution in [0.5, 0.6) is 0 Å². The van der Waals surface area contributed by atoms with Crippen molar-refractivity contribution in [2.24, 2.45) is 5.41 Å². The Morgan fingerprint density at radius 1 is 1.07 bits per heavy atom. The molecular formula is C21H25N7. The van der Waals surface area contributed by atoms with Gasteiger partial charge in [-0.15, -0.1) is 0 Å². The summed E-state index contributed by atoms with van der Waals surface area (Å²) in [6.45, 7) is 8.27. The number of hydrogen-bond donors (Lipinski definition) is 1. The largest absolute Gasteiger partial charge is 0.368 e. The standard InChI is InChI=1S/C21H25N7/c1-21(2,3)12-28-18(9-17-10-24-20(22)26-19(17)28)8-15-4-6-16(7-5-15)11-27-14-23-13-25-27/h4-7,9-10,13-14H,8,11-12H2,1-3H3,(H2,22,24,26). The number of anilines is 1. The Kier molecular flexibility index (Phi) is 4.58. The molecule has 144 valence electrons. The fourth-order valence-corrected chi connectivity index (χ4v) is 3.38. The molecule has 0 aliphatic heterocycles. The summed E-state index contributed by atoms with van der Waals surface area (Å²) >= 11 is 0. The van der Waals surface area contributed by atoms with E-state index in [1.807, 2.05) is 10.9 Å². The van der Waals surface area contributed by atoms with Crippen molar-refractivity contribution >= 4 is 17.0 Å². The predicted octanol–water partition coefficient (Wildman–Crippen LogP) is 3.29. The van der Waals surface area contributed by atoms with Gasteiger partial charge in [-0.05, 0) is 22.6 Å². The molecule has 1 aromatic carbocycles. The Hall–Kier alpha value is -3.22. The molecule has 4 aromatic rings. The molecule has 0 atom stereocenters. The highest BCUT2D eigenvalue weighted by Crippen LogP contribution is 2.26. The van der Waals surface area contributed by atoms with Gasteiger partial charge in [0.25, 0.3) is 0 Å². The number of nitrogens with two attached hydrogens (primary N) is 1. The molecule has 0 fully saturated rings. The maximum atomic E-state index is 5.84. The van der Waals surface area contributed by atoms with E-state index in [0.717, 1.165) is 30.5 Å². The Labute approximate surface area is 164 Å². The molecule has 0 aliphatic carbocycles. The second kappa shape index (κ2) is 7.07. The van der Waals surface area contributed by atoms with Crippen LogP contribution in [-0.2, 0) is 19.5 Å². The third kappa shape index (κ3) is 4.03. The molecule has 28 heavy (non-hydrogen) atoms. The summed E-state index contributed by atoms with van der Waals surface area (Å²) in [4.78, 5) is 12.6. The zero-order valence-corrected chi connectivity index (χ0v) is 16.5. The van der Waals surface area contributed by atoms with E-state index >= 15 is 0 Å². The number of aromatic nitrogens is 6. The maximum Gasteiger partial charge on any atom is 0.221 e. The van der Waals surface area contributed by atoms with Crippen LogP contribution in [0.25, 0.3) is 11.0 Å². The van der Waals surface area contributed by atoms with Gasteiger partial charge in [0.15, 0.2) is 0 Å². The molecule has 7 nitrogen and oxygen atoms in total. The van der Waals surface area contributed by atoms with Gasteiger partial charge in [-0.1, -0.05) is 45.0 Å². The summed E-state index contributed by atoms with van der Waals surface area (Å²) in [5.41, 5.74) is 10.5. The normalized spacial score (nSPS) is 12.0. The first-order chi connectivity index (χ1) is 13.4. The Morgan fingerprint density at radius 2 is 1.82 bits per heavy atom. The fraction of sp³-hybridized carbons (Fsp3) is 0.333. The van der Waals surface area contributed by atoms with Crippen LogP contribution in [0.15, 0.2) is 49.2 Å². The summed E-state index contributed by atoms with van der Waals surface area (Å²) in [5, 5.41) is 5.18. The van der Waals surface area contributed by atoms with Crippen molar-refractivity contribution < 1.29 is 0 Å². The molecule has 3 aromatic heterocycles. The highest BCUT2D eigenvalue weighted by Gasteiger charge is 2.18. The number of nitrogen functional groups attached to an aromatic ring is 1. The van der Waals surface area contributed by atoms with Gasteiger partial charge in [-0.25, -0.2) is 14.6 Å². The first-order valence-electron chi connectivity index (χ1n) is 9.38. The lowest BCUT2D eigenvalue weighted by molar-refractivity contribution is 0.344. The SMILES string of the molecule is CC(C)(C)Cn1c(Cc2ccc(Cn3cncn3)cc2)cc2cnc(N)nc21. The fourth-order valence-electron chi connectivity index (χ4n) is 3.38. The number of rotatable bonds is 5. The zero-order valence-electron chi connectivity index (χ0n) is 16.5. The molecule has 0 aliphatic rings. The van der Waals surface area contributed by atoms with Crippen LogP contribution in [0, 0.1) is 5.41 Å². The van der Waals surface area contributed by atoms with Gasteiger partial charge < -0.3 is 10.3 Å². The molecule has 0 bridgehead atoms. The van der Waals surface area contributed by atoms with E-state index in [9.17, 15) is 0 Å². The monoisotopic (exact) mass is 375 g/mol. The highest BCUT2D eigenvalue weighted by molar-refractivity contribution is 5.77. The topological polar surface area (TPSA) is 87.4 Å². The van der Waals surface area contributed by atoms with E-state index < -0.39 is 0 Å². The predicted molar refractivity (Wildman–Crippen MR) is 110 cm³/mol. The zero-order chi connectivity index (χ0) is 19.7. The van der Waals surface area contributed by atoms with Gasteiger partial charge in [-0.2, -0.15) is 10.1 Å². The lowest BCUT2D eigenvalue weighted by Crippen LogP contribution is -2.18. The molecule has 0 unspecified atom stereocenters. The molecule has 2 N–H and O–H groups in total. The lowest BCUT2D eigenvalue weighted by Gasteiger charge is -2.22. The lowest BCUT2D eigenvalue weighted by atomic mass is 9.96. The molecule has 0 saturated carbocycles. The van der Waals surface area contributed by atoms with Crippen molar-refractivity contribution in [2.75, 3.05) is 5.73 Å². The van der Waals surface area contributed by atoms with Crippen LogP contribution in [0.4, 0.5) is 5.95 Å². The van der Waals surface area contributed by atoms with Crippen LogP contribution >= 0.6 is 0 Å². The molecule has 4 rings (SSSR count). The molecule has 0 radical (unpaired) electrons. The minimum atomic E-state index is 0.127. The van der Waals surface area contributed by atoms with Crippen molar-refractivity contribution in [2.45, 2.75) is 40.3 Å². The molecule has 0 saturated heterocycles. The van der Waals surface area contributed by atoms with Gasteiger partial charge in [-0.3, -0.25) is 0 Å². The summed E-state index contributed by atoms with van der Waals surface area (Å²) < 4.78 is 4.09. The van der Waals surface area contributed by atoms with E-state index in [0.29, 0.717) is 5.95 Å². The highest BCUT2D eigenvalue weighted by atomic mass is 15.3. The quantitative estimate of drug-likeness (QED) is 0.578. The van der Waals surface area contributed by atoms with E-state index in [1.54, 1.807) is 12.7 Å². The van der Waals surface area contributed by atoms with Gasteiger partial charge in [0.1, 0.15) is 18.3 Å². The Balaban J connectivity index is 1.62.